The summed E-state index contributed by atoms with van der Waals surface area (Å²) in [4.78, 5) is 22.0. The molecule has 0 atom stereocenters. The highest BCUT2D eigenvalue weighted by atomic mass is 35.5. The van der Waals surface area contributed by atoms with Crippen LogP contribution in [0.3, 0.4) is 0 Å². The number of benzene rings is 1. The molecule has 208 valence electrons. The van der Waals surface area contributed by atoms with Crippen molar-refractivity contribution in [3.8, 4) is 28.7 Å². The molecule has 5 aromatic rings. The Bertz CT molecular complexity index is 1660. The van der Waals surface area contributed by atoms with E-state index in [4.69, 9.17) is 9.72 Å². The van der Waals surface area contributed by atoms with Gasteiger partial charge in [-0.2, -0.15) is 18.3 Å². The van der Waals surface area contributed by atoms with Gasteiger partial charge in [-0.1, -0.05) is 24.3 Å². The van der Waals surface area contributed by atoms with Crippen molar-refractivity contribution in [1.29, 1.82) is 0 Å². The minimum absolute atomic E-state index is 0. The number of methoxy groups -OCH3 is 1. The lowest BCUT2D eigenvalue weighted by atomic mass is 10.1. The summed E-state index contributed by atoms with van der Waals surface area (Å²) in [5.41, 5.74) is 2.82. The van der Waals surface area contributed by atoms with Crippen LogP contribution in [0, 0.1) is 0 Å². The maximum Gasteiger partial charge on any atom is 0.434 e. The Morgan fingerprint density at radius 2 is 1.77 bits per heavy atom. The van der Waals surface area contributed by atoms with Gasteiger partial charge >= 0.3 is 6.18 Å². The number of hydrogen-bond donors (Lipinski definition) is 0. The minimum atomic E-state index is -4.51. The summed E-state index contributed by atoms with van der Waals surface area (Å²) in [6.45, 7) is 4.05. The molecule has 1 saturated carbocycles. The van der Waals surface area contributed by atoms with E-state index in [1.54, 1.807) is 36.3 Å². The van der Waals surface area contributed by atoms with Crippen molar-refractivity contribution in [3.63, 3.8) is 0 Å². The highest BCUT2D eigenvalue weighted by molar-refractivity contribution is 5.85. The molecule has 1 aliphatic rings. The second-order valence-electron chi connectivity index (χ2n) is 9.84. The van der Waals surface area contributed by atoms with E-state index in [1.807, 2.05) is 26.0 Å². The van der Waals surface area contributed by atoms with Crippen LogP contribution in [0.4, 0.5) is 13.2 Å². The highest BCUT2D eigenvalue weighted by Gasteiger charge is 2.35. The molecule has 4 heterocycles. The van der Waals surface area contributed by atoms with Crippen molar-refractivity contribution in [2.45, 2.75) is 51.4 Å². The van der Waals surface area contributed by atoms with Gasteiger partial charge in [-0.25, -0.2) is 29.6 Å². The number of halogens is 4. The van der Waals surface area contributed by atoms with Crippen molar-refractivity contribution >= 4 is 23.4 Å². The Balaban J connectivity index is 0.00000323. The fourth-order valence-corrected chi connectivity index (χ4v) is 4.59. The van der Waals surface area contributed by atoms with Crippen molar-refractivity contribution in [2.75, 3.05) is 7.11 Å². The molecule has 0 N–H and O–H groups in total. The van der Waals surface area contributed by atoms with Gasteiger partial charge in [-0.3, -0.25) is 0 Å². The predicted octanol–water partition coefficient (Wildman–Crippen LogP) is 6.10. The largest absolute Gasteiger partial charge is 0.480 e. The first-order chi connectivity index (χ1) is 18.7. The molecule has 1 aliphatic carbocycles. The molecule has 0 radical (unpaired) electrons. The van der Waals surface area contributed by atoms with Crippen LogP contribution in [0.5, 0.6) is 5.88 Å². The average molecular weight is 571 g/mol. The number of alkyl halides is 3. The van der Waals surface area contributed by atoms with Gasteiger partial charge in [0, 0.05) is 29.9 Å². The number of imidazole rings is 1. The molecular formula is C27H26ClF3N8O. The van der Waals surface area contributed by atoms with Crippen LogP contribution >= 0.6 is 12.4 Å². The van der Waals surface area contributed by atoms with Crippen molar-refractivity contribution in [1.82, 2.24) is 39.3 Å². The summed E-state index contributed by atoms with van der Waals surface area (Å²) < 4.78 is 48.7. The average Bonchev–Trinajstić information content (AvgIpc) is 3.53. The van der Waals surface area contributed by atoms with E-state index in [0.717, 1.165) is 35.7 Å². The maximum absolute atomic E-state index is 13.3. The zero-order valence-corrected chi connectivity index (χ0v) is 22.7. The lowest BCUT2D eigenvalue weighted by Gasteiger charge is -2.12. The Hall–Kier alpha value is -4.06. The third-order valence-electron chi connectivity index (χ3n) is 6.72. The van der Waals surface area contributed by atoms with Crippen molar-refractivity contribution < 1.29 is 17.9 Å². The Morgan fingerprint density at radius 1 is 1.02 bits per heavy atom. The first kappa shape index (κ1) is 27.5. The Kier molecular flexibility index (Phi) is 7.21. The molecule has 1 fully saturated rings. The number of rotatable bonds is 7. The van der Waals surface area contributed by atoms with Crippen LogP contribution < -0.4 is 4.74 Å². The number of aromatic nitrogens is 8. The van der Waals surface area contributed by atoms with Crippen LogP contribution in [0.15, 0.2) is 49.2 Å². The van der Waals surface area contributed by atoms with Gasteiger partial charge in [0.15, 0.2) is 17.2 Å². The normalized spacial score (nSPS) is 13.6. The Morgan fingerprint density at radius 3 is 2.42 bits per heavy atom. The molecular weight excluding hydrogens is 545 g/mol. The molecule has 0 amide bonds. The lowest BCUT2D eigenvalue weighted by Crippen LogP contribution is -2.05. The fraction of sp³-hybridized carbons (Fsp3) is 0.333. The molecule has 9 nitrogen and oxygen atoms in total. The number of ether oxygens (including phenoxy) is 1. The van der Waals surface area contributed by atoms with Crippen LogP contribution in [0.1, 0.15) is 55.6 Å². The van der Waals surface area contributed by atoms with Crippen molar-refractivity contribution in [3.05, 3.63) is 66.1 Å². The third-order valence-corrected chi connectivity index (χ3v) is 6.72. The van der Waals surface area contributed by atoms with Crippen LogP contribution in [0.25, 0.3) is 33.8 Å². The van der Waals surface area contributed by atoms with Gasteiger partial charge in [0.2, 0.25) is 5.88 Å². The quantitative estimate of drug-likeness (QED) is 0.233. The molecule has 1 aromatic carbocycles. The molecule has 6 rings (SSSR count). The molecule has 0 bridgehead atoms. The highest BCUT2D eigenvalue weighted by Crippen LogP contribution is 2.44. The second-order valence-corrected chi connectivity index (χ2v) is 9.84. The van der Waals surface area contributed by atoms with Gasteiger partial charge in [0.25, 0.3) is 0 Å². The second kappa shape index (κ2) is 10.5. The van der Waals surface area contributed by atoms with Gasteiger partial charge in [0.05, 0.1) is 30.9 Å². The van der Waals surface area contributed by atoms with Gasteiger partial charge in [-0.05, 0) is 32.3 Å². The minimum Gasteiger partial charge on any atom is -0.480 e. The molecule has 4 aromatic heterocycles. The van der Waals surface area contributed by atoms with Gasteiger partial charge in [-0.15, -0.1) is 12.4 Å². The Labute approximate surface area is 233 Å². The first-order valence-electron chi connectivity index (χ1n) is 12.6. The molecule has 0 saturated heterocycles. The summed E-state index contributed by atoms with van der Waals surface area (Å²) in [6, 6.07) is 7.09. The summed E-state index contributed by atoms with van der Waals surface area (Å²) >= 11 is 0. The third kappa shape index (κ3) is 5.10. The zero-order chi connectivity index (χ0) is 27.3. The van der Waals surface area contributed by atoms with E-state index in [2.05, 4.69) is 25.0 Å². The monoisotopic (exact) mass is 570 g/mol. The predicted molar refractivity (Wildman–Crippen MR) is 144 cm³/mol. The zero-order valence-electron chi connectivity index (χ0n) is 21.9. The van der Waals surface area contributed by atoms with Crippen molar-refractivity contribution in [2.24, 2.45) is 0 Å². The summed E-state index contributed by atoms with van der Waals surface area (Å²) in [5.74, 6) is 1.52. The topological polar surface area (TPSA) is 96.4 Å². The summed E-state index contributed by atoms with van der Waals surface area (Å²) in [5, 5.41) is 5.27. The standard InChI is InChI=1S/C27H25F3N8O.ClH/c1-15(2)37-13-20(27(28,29)30)35-24(37)18-6-4-16(5-7-18)12-38-25-19(11-34-38)10-31-23(36-25)21-22(17-8-9-17)32-14-33-26(21)39-3;/h4-7,10-11,13-15,17H,8-9,12H2,1-3H3;1H. The fourth-order valence-electron chi connectivity index (χ4n) is 4.59. The smallest absolute Gasteiger partial charge is 0.434 e. The summed E-state index contributed by atoms with van der Waals surface area (Å²) in [6.07, 6.45) is 3.58. The molecule has 0 aliphatic heterocycles. The van der Waals surface area contributed by atoms with E-state index in [-0.39, 0.29) is 24.3 Å². The van der Waals surface area contributed by atoms with E-state index in [1.165, 1.54) is 10.9 Å². The number of fused-ring (bicyclic) bond motifs is 1. The van der Waals surface area contributed by atoms with Crippen LogP contribution in [-0.2, 0) is 12.7 Å². The first-order valence-corrected chi connectivity index (χ1v) is 12.6. The maximum atomic E-state index is 13.3. The van der Waals surface area contributed by atoms with E-state index < -0.39 is 11.9 Å². The van der Waals surface area contributed by atoms with E-state index in [0.29, 0.717) is 40.9 Å². The molecule has 0 spiro atoms. The van der Waals surface area contributed by atoms with Crippen LogP contribution in [-0.4, -0.2) is 46.4 Å². The SMILES string of the molecule is COc1ncnc(C2CC2)c1-c1ncc2cnn(Cc3ccc(-c4nc(C(F)(F)F)cn4C(C)C)cc3)c2n1.Cl. The molecule has 40 heavy (non-hydrogen) atoms. The number of hydrogen-bond acceptors (Lipinski definition) is 7. The van der Waals surface area contributed by atoms with Crippen LogP contribution in [0.2, 0.25) is 0 Å². The number of nitrogens with zero attached hydrogens (tertiary/aromatic N) is 8. The lowest BCUT2D eigenvalue weighted by molar-refractivity contribution is -0.140. The summed E-state index contributed by atoms with van der Waals surface area (Å²) in [7, 11) is 1.56. The van der Waals surface area contributed by atoms with Gasteiger partial charge < -0.3 is 9.30 Å². The molecule has 13 heteroatoms. The molecule has 0 unspecified atom stereocenters. The van der Waals surface area contributed by atoms with E-state index >= 15 is 0 Å². The van der Waals surface area contributed by atoms with Gasteiger partial charge in [0.1, 0.15) is 17.7 Å². The van der Waals surface area contributed by atoms with E-state index in [9.17, 15) is 13.2 Å².